The molecule has 0 aliphatic carbocycles. The standard InChI is InChI=1S/C14H12BrNO4/c15-10-1-3-11(4-2-10)20-8-7-16-6-5-13(17)12(9-16)14(18)19/h1-6,9H,7-8H2,(H,18,19). The Morgan fingerprint density at radius 3 is 2.60 bits per heavy atom. The van der Waals surface area contributed by atoms with Gasteiger partial charge in [0.15, 0.2) is 5.43 Å². The molecule has 1 heterocycles. The van der Waals surface area contributed by atoms with Crippen molar-refractivity contribution in [3.8, 4) is 5.75 Å². The molecule has 6 heteroatoms. The largest absolute Gasteiger partial charge is 0.492 e. The molecule has 5 nitrogen and oxygen atoms in total. The highest BCUT2D eigenvalue weighted by Crippen LogP contribution is 2.15. The highest BCUT2D eigenvalue weighted by atomic mass is 79.9. The second-order valence-electron chi connectivity index (χ2n) is 4.07. The molecule has 104 valence electrons. The van der Waals surface area contributed by atoms with E-state index in [1.54, 1.807) is 10.8 Å². The number of rotatable bonds is 5. The number of nitrogens with zero attached hydrogens (tertiary/aromatic N) is 1. The summed E-state index contributed by atoms with van der Waals surface area (Å²) in [5.41, 5.74) is -0.737. The monoisotopic (exact) mass is 337 g/mol. The Kier molecular flexibility index (Phi) is 4.57. The van der Waals surface area contributed by atoms with E-state index in [0.717, 1.165) is 10.2 Å². The van der Waals surface area contributed by atoms with Crippen molar-refractivity contribution in [3.63, 3.8) is 0 Å². The molecule has 0 spiro atoms. The molecule has 0 bridgehead atoms. The van der Waals surface area contributed by atoms with Gasteiger partial charge in [0, 0.05) is 22.9 Å². The van der Waals surface area contributed by atoms with E-state index < -0.39 is 11.4 Å². The van der Waals surface area contributed by atoms with Gasteiger partial charge >= 0.3 is 5.97 Å². The molecule has 0 aliphatic heterocycles. The summed E-state index contributed by atoms with van der Waals surface area (Å²) in [7, 11) is 0. The Morgan fingerprint density at radius 2 is 1.95 bits per heavy atom. The second kappa shape index (κ2) is 6.38. The molecule has 2 aromatic rings. The molecule has 0 unspecified atom stereocenters. The summed E-state index contributed by atoms with van der Waals surface area (Å²) in [5.74, 6) is -0.495. The lowest BCUT2D eigenvalue weighted by molar-refractivity contribution is 0.0694. The Labute approximate surface area is 123 Å². The van der Waals surface area contributed by atoms with Gasteiger partial charge in [-0.25, -0.2) is 4.79 Å². The lowest BCUT2D eigenvalue weighted by Gasteiger charge is -2.09. The van der Waals surface area contributed by atoms with Crippen LogP contribution in [0.25, 0.3) is 0 Å². The van der Waals surface area contributed by atoms with Crippen molar-refractivity contribution in [2.24, 2.45) is 0 Å². The quantitative estimate of drug-likeness (QED) is 0.909. The minimum atomic E-state index is -1.22. The van der Waals surface area contributed by atoms with Crippen LogP contribution in [0.5, 0.6) is 5.75 Å². The van der Waals surface area contributed by atoms with Gasteiger partial charge in [0.25, 0.3) is 0 Å². The summed E-state index contributed by atoms with van der Waals surface area (Å²) in [6.45, 7) is 0.834. The summed E-state index contributed by atoms with van der Waals surface area (Å²) in [4.78, 5) is 22.2. The topological polar surface area (TPSA) is 68.5 Å². The molecular weight excluding hydrogens is 326 g/mol. The number of hydrogen-bond donors (Lipinski definition) is 1. The Hall–Kier alpha value is -2.08. The van der Waals surface area contributed by atoms with Gasteiger partial charge in [0.1, 0.15) is 17.9 Å². The third-order valence-corrected chi connectivity index (χ3v) is 3.17. The molecule has 1 aromatic carbocycles. The van der Waals surface area contributed by atoms with Crippen molar-refractivity contribution in [1.82, 2.24) is 4.57 Å². The average molecular weight is 338 g/mol. The number of ether oxygens (including phenoxy) is 1. The van der Waals surface area contributed by atoms with Gasteiger partial charge in [-0.15, -0.1) is 0 Å². The minimum Gasteiger partial charge on any atom is -0.492 e. The molecule has 0 amide bonds. The molecule has 1 aromatic heterocycles. The Bertz CT molecular complexity index is 664. The summed E-state index contributed by atoms with van der Waals surface area (Å²) < 4.78 is 8.11. The number of benzene rings is 1. The fraction of sp³-hybridized carbons (Fsp3) is 0.143. The first-order valence-corrected chi connectivity index (χ1v) is 6.67. The van der Waals surface area contributed by atoms with Crippen LogP contribution in [0, 0.1) is 0 Å². The van der Waals surface area contributed by atoms with Crippen LogP contribution in [0.1, 0.15) is 10.4 Å². The van der Waals surface area contributed by atoms with E-state index in [9.17, 15) is 9.59 Å². The molecule has 0 fully saturated rings. The summed E-state index contributed by atoms with van der Waals surface area (Å²) >= 11 is 3.33. The molecule has 0 saturated carbocycles. The maximum atomic E-state index is 11.3. The van der Waals surface area contributed by atoms with Crippen molar-refractivity contribution >= 4 is 21.9 Å². The highest BCUT2D eigenvalue weighted by Gasteiger charge is 2.08. The predicted octanol–water partition coefficient (Wildman–Crippen LogP) is 2.39. The van der Waals surface area contributed by atoms with E-state index in [4.69, 9.17) is 9.84 Å². The first-order chi connectivity index (χ1) is 9.56. The van der Waals surface area contributed by atoms with Gasteiger partial charge in [-0.3, -0.25) is 4.79 Å². The summed E-state index contributed by atoms with van der Waals surface area (Å²) in [6, 6.07) is 8.65. The van der Waals surface area contributed by atoms with Crippen molar-refractivity contribution < 1.29 is 14.6 Å². The molecule has 0 saturated heterocycles. The van der Waals surface area contributed by atoms with Gasteiger partial charge in [0.05, 0.1) is 6.54 Å². The Morgan fingerprint density at radius 1 is 1.25 bits per heavy atom. The van der Waals surface area contributed by atoms with Crippen LogP contribution in [0.2, 0.25) is 0 Å². The van der Waals surface area contributed by atoms with Gasteiger partial charge in [0.2, 0.25) is 0 Å². The van der Waals surface area contributed by atoms with E-state index in [-0.39, 0.29) is 5.56 Å². The van der Waals surface area contributed by atoms with E-state index in [0.29, 0.717) is 13.2 Å². The lowest BCUT2D eigenvalue weighted by atomic mass is 10.3. The van der Waals surface area contributed by atoms with E-state index in [1.165, 1.54) is 12.3 Å². The summed E-state index contributed by atoms with van der Waals surface area (Å²) in [6.07, 6.45) is 2.86. The van der Waals surface area contributed by atoms with Crippen LogP contribution in [0.3, 0.4) is 0 Å². The maximum absolute atomic E-state index is 11.3. The van der Waals surface area contributed by atoms with E-state index in [2.05, 4.69) is 15.9 Å². The van der Waals surface area contributed by atoms with Crippen molar-refractivity contribution in [1.29, 1.82) is 0 Å². The van der Waals surface area contributed by atoms with Crippen LogP contribution in [-0.4, -0.2) is 22.2 Å². The zero-order valence-corrected chi connectivity index (χ0v) is 12.0. The van der Waals surface area contributed by atoms with Crippen LogP contribution < -0.4 is 10.2 Å². The molecule has 0 atom stereocenters. The smallest absolute Gasteiger partial charge is 0.341 e. The number of aromatic carboxylic acids is 1. The Balaban J connectivity index is 1.97. The predicted molar refractivity (Wildman–Crippen MR) is 77.3 cm³/mol. The highest BCUT2D eigenvalue weighted by molar-refractivity contribution is 9.10. The van der Waals surface area contributed by atoms with Crippen LogP contribution in [0.15, 0.2) is 52.0 Å². The van der Waals surface area contributed by atoms with E-state index >= 15 is 0 Å². The van der Waals surface area contributed by atoms with Crippen LogP contribution >= 0.6 is 15.9 Å². The fourth-order valence-electron chi connectivity index (χ4n) is 1.63. The molecule has 20 heavy (non-hydrogen) atoms. The molecule has 0 radical (unpaired) electrons. The number of hydrogen-bond acceptors (Lipinski definition) is 3. The van der Waals surface area contributed by atoms with E-state index in [1.807, 2.05) is 24.3 Å². The van der Waals surface area contributed by atoms with Gasteiger partial charge in [-0.1, -0.05) is 15.9 Å². The third-order valence-electron chi connectivity index (χ3n) is 2.64. The maximum Gasteiger partial charge on any atom is 0.341 e. The van der Waals surface area contributed by atoms with Crippen molar-refractivity contribution in [2.75, 3.05) is 6.61 Å². The molecule has 1 N–H and O–H groups in total. The van der Waals surface area contributed by atoms with Crippen LogP contribution in [-0.2, 0) is 6.54 Å². The van der Waals surface area contributed by atoms with Crippen molar-refractivity contribution in [3.05, 3.63) is 63.0 Å². The first kappa shape index (κ1) is 14.3. The SMILES string of the molecule is O=C(O)c1cn(CCOc2ccc(Br)cc2)ccc1=O. The number of carbonyl (C=O) groups is 1. The lowest BCUT2D eigenvalue weighted by Crippen LogP contribution is -2.18. The van der Waals surface area contributed by atoms with Crippen LogP contribution in [0.4, 0.5) is 0 Å². The zero-order valence-electron chi connectivity index (χ0n) is 10.5. The average Bonchev–Trinajstić information content (AvgIpc) is 2.42. The number of aromatic nitrogens is 1. The number of pyridine rings is 1. The second-order valence-corrected chi connectivity index (χ2v) is 4.98. The number of carboxylic acids is 1. The normalized spacial score (nSPS) is 10.2. The van der Waals surface area contributed by atoms with Gasteiger partial charge in [-0.05, 0) is 24.3 Å². The summed E-state index contributed by atoms with van der Waals surface area (Å²) in [5, 5.41) is 8.87. The first-order valence-electron chi connectivity index (χ1n) is 5.88. The molecule has 0 aliphatic rings. The molecule has 2 rings (SSSR count). The zero-order chi connectivity index (χ0) is 14.5. The third kappa shape index (κ3) is 3.71. The van der Waals surface area contributed by atoms with Gasteiger partial charge < -0.3 is 14.4 Å². The number of halogens is 1. The fourth-order valence-corrected chi connectivity index (χ4v) is 1.89. The molecular formula is C14H12BrNO4. The minimum absolute atomic E-state index is 0.240. The number of carboxylic acid groups (broad SMARTS) is 1. The van der Waals surface area contributed by atoms with Crippen molar-refractivity contribution in [2.45, 2.75) is 6.54 Å². The van der Waals surface area contributed by atoms with Gasteiger partial charge in [-0.2, -0.15) is 0 Å².